The summed E-state index contributed by atoms with van der Waals surface area (Å²) >= 11 is 13.8. The molecule has 3 nitrogen and oxygen atoms in total. The lowest BCUT2D eigenvalue weighted by Crippen LogP contribution is -2.14. The van der Waals surface area contributed by atoms with Gasteiger partial charge in [-0.3, -0.25) is 0 Å². The van der Waals surface area contributed by atoms with Gasteiger partial charge < -0.3 is 4.57 Å². The minimum atomic E-state index is 0.633. The van der Waals surface area contributed by atoms with Gasteiger partial charge in [0.15, 0.2) is 0 Å². The van der Waals surface area contributed by atoms with Crippen molar-refractivity contribution in [2.24, 2.45) is 10.2 Å². The van der Waals surface area contributed by atoms with E-state index in [-0.39, 0.29) is 0 Å². The minimum Gasteiger partial charge on any atom is -0.315 e. The highest BCUT2D eigenvalue weighted by molar-refractivity contribution is 7.07. The topological polar surface area (TPSA) is 29.6 Å². The second kappa shape index (κ2) is 6.57. The maximum Gasteiger partial charge on any atom is 0.211 e. The number of thiazole rings is 1. The average molecular weight is 328 g/mol. The van der Waals surface area contributed by atoms with Gasteiger partial charge >= 0.3 is 0 Å². The van der Waals surface area contributed by atoms with Gasteiger partial charge in [0, 0.05) is 28.2 Å². The van der Waals surface area contributed by atoms with Crippen molar-refractivity contribution in [3.63, 3.8) is 0 Å². The summed E-state index contributed by atoms with van der Waals surface area (Å²) in [6.45, 7) is 6.71. The van der Waals surface area contributed by atoms with Crippen molar-refractivity contribution < 1.29 is 0 Å². The second-order valence-electron chi connectivity index (χ2n) is 4.42. The Hall–Kier alpha value is -1.10. The van der Waals surface area contributed by atoms with Crippen molar-refractivity contribution in [1.29, 1.82) is 0 Å². The highest BCUT2D eigenvalue weighted by Crippen LogP contribution is 2.30. The molecule has 1 aromatic carbocycles. The molecule has 0 radical (unpaired) electrons. The number of hydrogen-bond donors (Lipinski definition) is 0. The van der Waals surface area contributed by atoms with E-state index < -0.39 is 0 Å². The lowest BCUT2D eigenvalue weighted by Gasteiger charge is -2.08. The first kappa shape index (κ1) is 15.3. The predicted octanol–water partition coefficient (Wildman–Crippen LogP) is 4.84. The molecule has 0 aliphatic heterocycles. The van der Waals surface area contributed by atoms with Crippen LogP contribution in [-0.2, 0) is 6.54 Å². The van der Waals surface area contributed by atoms with Crippen LogP contribution >= 0.6 is 34.5 Å². The lowest BCUT2D eigenvalue weighted by molar-refractivity contribution is 0.736. The van der Waals surface area contributed by atoms with E-state index in [1.165, 1.54) is 0 Å². The standard InChI is InChI=1S/C14H15Cl2N3S/c1-4-19-13(8-20-14(19)18-17-9(2)3)11-6-5-10(15)7-12(11)16/h5-8H,4H2,1-3H3/b18-14-. The quantitative estimate of drug-likeness (QED) is 0.570. The van der Waals surface area contributed by atoms with Gasteiger partial charge in [-0.1, -0.05) is 23.2 Å². The Balaban J connectivity index is 2.59. The molecule has 1 heterocycles. The number of aromatic nitrogens is 1. The minimum absolute atomic E-state index is 0.633. The van der Waals surface area contributed by atoms with Crippen LogP contribution in [0.25, 0.3) is 11.3 Å². The monoisotopic (exact) mass is 327 g/mol. The third-order valence-corrected chi connectivity index (χ3v) is 4.06. The summed E-state index contributed by atoms with van der Waals surface area (Å²) in [6.07, 6.45) is 0. The molecule has 0 aliphatic rings. The summed E-state index contributed by atoms with van der Waals surface area (Å²) in [5, 5.41) is 11.7. The van der Waals surface area contributed by atoms with Crippen LogP contribution in [0.4, 0.5) is 0 Å². The highest BCUT2D eigenvalue weighted by Gasteiger charge is 2.10. The molecule has 1 aromatic heterocycles. The molecule has 0 fully saturated rings. The molecule has 0 atom stereocenters. The van der Waals surface area contributed by atoms with Crippen LogP contribution in [0.2, 0.25) is 10.0 Å². The van der Waals surface area contributed by atoms with E-state index in [2.05, 4.69) is 21.7 Å². The SMILES string of the molecule is CCn1c(-c2ccc(Cl)cc2Cl)cs/c1=N\N=C(C)C. The van der Waals surface area contributed by atoms with E-state index in [0.717, 1.165) is 28.3 Å². The molecule has 0 aliphatic carbocycles. The molecule has 0 spiro atoms. The number of benzene rings is 1. The lowest BCUT2D eigenvalue weighted by atomic mass is 10.2. The average Bonchev–Trinajstić information content (AvgIpc) is 2.79. The van der Waals surface area contributed by atoms with Gasteiger partial charge in [-0.25, -0.2) is 0 Å². The van der Waals surface area contributed by atoms with Crippen LogP contribution in [0.5, 0.6) is 0 Å². The fraction of sp³-hybridized carbons (Fsp3) is 0.286. The first-order valence-corrected chi connectivity index (χ1v) is 7.85. The third kappa shape index (κ3) is 3.32. The summed E-state index contributed by atoms with van der Waals surface area (Å²) < 4.78 is 2.09. The van der Waals surface area contributed by atoms with Gasteiger partial charge in [0.05, 0.1) is 10.7 Å². The van der Waals surface area contributed by atoms with Crippen molar-refractivity contribution >= 4 is 40.3 Å². The first-order valence-electron chi connectivity index (χ1n) is 6.21. The Kier molecular flexibility index (Phi) is 5.02. The molecule has 2 rings (SSSR count). The molecule has 2 aromatic rings. The van der Waals surface area contributed by atoms with E-state index in [1.807, 2.05) is 31.4 Å². The molecular formula is C14H15Cl2N3S. The molecule has 106 valence electrons. The summed E-state index contributed by atoms with van der Waals surface area (Å²) in [4.78, 5) is 0.856. The van der Waals surface area contributed by atoms with Gasteiger partial charge in [-0.05, 0) is 39.0 Å². The van der Waals surface area contributed by atoms with E-state index in [0.29, 0.717) is 10.0 Å². The Morgan fingerprint density at radius 1 is 1.30 bits per heavy atom. The Morgan fingerprint density at radius 3 is 2.65 bits per heavy atom. The molecule has 0 amide bonds. The van der Waals surface area contributed by atoms with Crippen LogP contribution in [0.1, 0.15) is 20.8 Å². The van der Waals surface area contributed by atoms with Crippen LogP contribution in [0, 0.1) is 0 Å². The molecule has 0 unspecified atom stereocenters. The van der Waals surface area contributed by atoms with E-state index in [9.17, 15) is 0 Å². The maximum absolute atomic E-state index is 6.28. The molecule has 0 N–H and O–H groups in total. The highest BCUT2D eigenvalue weighted by atomic mass is 35.5. The maximum atomic E-state index is 6.28. The largest absolute Gasteiger partial charge is 0.315 e. The molecule has 0 saturated carbocycles. The zero-order valence-corrected chi connectivity index (χ0v) is 13.9. The summed E-state index contributed by atoms with van der Waals surface area (Å²) in [5.41, 5.74) is 2.90. The Labute approximate surface area is 132 Å². The summed E-state index contributed by atoms with van der Waals surface area (Å²) in [6, 6.07) is 5.52. The number of halogens is 2. The molecule has 0 saturated heterocycles. The van der Waals surface area contributed by atoms with E-state index >= 15 is 0 Å². The van der Waals surface area contributed by atoms with Crippen molar-refractivity contribution in [2.45, 2.75) is 27.3 Å². The van der Waals surface area contributed by atoms with Gasteiger partial charge in [-0.15, -0.1) is 16.4 Å². The fourth-order valence-corrected chi connectivity index (χ4v) is 3.19. The van der Waals surface area contributed by atoms with Gasteiger partial charge in [-0.2, -0.15) is 5.10 Å². The van der Waals surface area contributed by atoms with E-state index in [1.54, 1.807) is 17.4 Å². The zero-order chi connectivity index (χ0) is 14.7. The third-order valence-electron chi connectivity index (χ3n) is 2.66. The summed E-state index contributed by atoms with van der Waals surface area (Å²) in [5.74, 6) is 0. The molecular weight excluding hydrogens is 313 g/mol. The van der Waals surface area contributed by atoms with Crippen LogP contribution in [0.3, 0.4) is 0 Å². The second-order valence-corrected chi connectivity index (χ2v) is 6.10. The van der Waals surface area contributed by atoms with Gasteiger partial charge in [0.1, 0.15) is 0 Å². The first-order chi connectivity index (χ1) is 9.52. The predicted molar refractivity (Wildman–Crippen MR) is 87.8 cm³/mol. The van der Waals surface area contributed by atoms with Crippen molar-refractivity contribution in [3.05, 3.63) is 38.4 Å². The smallest absolute Gasteiger partial charge is 0.211 e. The van der Waals surface area contributed by atoms with Crippen molar-refractivity contribution in [1.82, 2.24) is 4.57 Å². The Morgan fingerprint density at radius 2 is 2.05 bits per heavy atom. The van der Waals surface area contributed by atoms with Gasteiger partial charge in [0.2, 0.25) is 4.80 Å². The van der Waals surface area contributed by atoms with Crippen molar-refractivity contribution in [3.8, 4) is 11.3 Å². The number of hydrogen-bond acceptors (Lipinski definition) is 3. The van der Waals surface area contributed by atoms with Crippen LogP contribution < -0.4 is 4.80 Å². The number of nitrogens with zero attached hydrogens (tertiary/aromatic N) is 3. The van der Waals surface area contributed by atoms with Crippen molar-refractivity contribution in [2.75, 3.05) is 0 Å². The molecule has 20 heavy (non-hydrogen) atoms. The normalized spacial score (nSPS) is 11.8. The van der Waals surface area contributed by atoms with E-state index in [4.69, 9.17) is 23.2 Å². The zero-order valence-electron chi connectivity index (χ0n) is 11.5. The van der Waals surface area contributed by atoms with Gasteiger partial charge in [0.25, 0.3) is 0 Å². The Bertz CT molecular complexity index is 709. The van der Waals surface area contributed by atoms with Crippen LogP contribution in [-0.4, -0.2) is 10.3 Å². The summed E-state index contributed by atoms with van der Waals surface area (Å²) in [7, 11) is 0. The van der Waals surface area contributed by atoms with Crippen LogP contribution in [0.15, 0.2) is 33.8 Å². The number of rotatable bonds is 3. The fourth-order valence-electron chi connectivity index (χ4n) is 1.77. The molecule has 6 heteroatoms. The molecule has 0 bridgehead atoms.